The van der Waals surface area contributed by atoms with Crippen LogP contribution in [0.2, 0.25) is 0 Å². The number of anilines is 1. The fraction of sp³-hybridized carbons (Fsp3) is 0.667. The smallest absolute Gasteiger partial charge is 0.244 e. The van der Waals surface area contributed by atoms with Crippen molar-refractivity contribution in [1.82, 2.24) is 5.32 Å². The fourth-order valence-corrected chi connectivity index (χ4v) is 4.55. The molecule has 1 saturated heterocycles. The zero-order chi connectivity index (χ0) is 13.4. The first-order chi connectivity index (χ1) is 9.22. The van der Waals surface area contributed by atoms with E-state index in [1.54, 1.807) is 11.3 Å². The molecule has 1 saturated carbocycles. The molecule has 4 heteroatoms. The molecular weight excluding hydrogens is 256 g/mol. The van der Waals surface area contributed by atoms with Crippen molar-refractivity contribution in [2.75, 3.05) is 11.9 Å². The summed E-state index contributed by atoms with van der Waals surface area (Å²) in [6.45, 7) is 2.21. The standard InChI is InChI=1S/C15H22N2OS/c1-10-8-11-4-3-5-13(11)17(12-6-7-19-9-12)15(18)14(10)16-2/h6-7,9-11,13-14,16H,3-5,8H2,1-2H3. The van der Waals surface area contributed by atoms with Gasteiger partial charge in [0.25, 0.3) is 0 Å². The third-order valence-corrected chi connectivity index (χ3v) is 5.46. The maximum Gasteiger partial charge on any atom is 0.244 e. The largest absolute Gasteiger partial charge is 0.309 e. The minimum absolute atomic E-state index is 0.0366. The molecule has 19 heavy (non-hydrogen) atoms. The molecule has 3 rings (SSSR count). The first-order valence-electron chi connectivity index (χ1n) is 7.25. The quantitative estimate of drug-likeness (QED) is 0.902. The van der Waals surface area contributed by atoms with Crippen molar-refractivity contribution in [1.29, 1.82) is 0 Å². The molecule has 2 aliphatic rings. The Labute approximate surface area is 119 Å². The summed E-state index contributed by atoms with van der Waals surface area (Å²) in [5.74, 6) is 1.37. The molecule has 2 heterocycles. The summed E-state index contributed by atoms with van der Waals surface area (Å²) in [6.07, 6.45) is 4.87. The summed E-state index contributed by atoms with van der Waals surface area (Å²) < 4.78 is 0. The third-order valence-electron chi connectivity index (χ3n) is 4.79. The van der Waals surface area contributed by atoms with Gasteiger partial charge in [-0.15, -0.1) is 0 Å². The Morgan fingerprint density at radius 2 is 2.26 bits per heavy atom. The first-order valence-corrected chi connectivity index (χ1v) is 8.19. The molecule has 3 nitrogen and oxygen atoms in total. The van der Waals surface area contributed by atoms with E-state index in [0.717, 1.165) is 12.1 Å². The molecule has 0 aromatic carbocycles. The highest BCUT2D eigenvalue weighted by atomic mass is 32.1. The van der Waals surface area contributed by atoms with Gasteiger partial charge in [-0.3, -0.25) is 4.79 Å². The van der Waals surface area contributed by atoms with Crippen LogP contribution in [0.3, 0.4) is 0 Å². The lowest BCUT2D eigenvalue weighted by atomic mass is 9.90. The third kappa shape index (κ3) is 2.21. The number of amides is 1. The van der Waals surface area contributed by atoms with Crippen LogP contribution in [0.15, 0.2) is 16.8 Å². The van der Waals surface area contributed by atoms with Gasteiger partial charge < -0.3 is 10.2 Å². The van der Waals surface area contributed by atoms with Gasteiger partial charge in [0.05, 0.1) is 11.7 Å². The van der Waals surface area contributed by atoms with E-state index < -0.39 is 0 Å². The minimum atomic E-state index is -0.0366. The first kappa shape index (κ1) is 13.1. The monoisotopic (exact) mass is 278 g/mol. The Kier molecular flexibility index (Phi) is 3.63. The number of carbonyl (C=O) groups excluding carboxylic acids is 1. The lowest BCUT2D eigenvalue weighted by Crippen LogP contribution is -2.50. The van der Waals surface area contributed by atoms with Crippen molar-refractivity contribution < 1.29 is 4.79 Å². The number of fused-ring (bicyclic) bond motifs is 1. The van der Waals surface area contributed by atoms with Crippen molar-refractivity contribution >= 4 is 22.9 Å². The molecule has 1 aromatic heterocycles. The molecule has 104 valence electrons. The molecule has 1 N–H and O–H groups in total. The Balaban J connectivity index is 1.99. The Morgan fingerprint density at radius 3 is 2.95 bits per heavy atom. The predicted molar refractivity (Wildman–Crippen MR) is 79.6 cm³/mol. The van der Waals surface area contributed by atoms with Gasteiger partial charge in [0, 0.05) is 11.4 Å². The second kappa shape index (κ2) is 5.25. The number of hydrogen-bond donors (Lipinski definition) is 1. The molecule has 1 amide bonds. The number of hydrogen-bond acceptors (Lipinski definition) is 3. The van der Waals surface area contributed by atoms with Crippen LogP contribution in [0.5, 0.6) is 0 Å². The normalized spacial score (nSPS) is 35.3. The summed E-state index contributed by atoms with van der Waals surface area (Å²) >= 11 is 1.67. The van der Waals surface area contributed by atoms with E-state index >= 15 is 0 Å². The van der Waals surface area contributed by atoms with Gasteiger partial charge in [0.15, 0.2) is 0 Å². The van der Waals surface area contributed by atoms with Gasteiger partial charge in [0.2, 0.25) is 5.91 Å². The summed E-state index contributed by atoms with van der Waals surface area (Å²) in [7, 11) is 1.91. The van der Waals surface area contributed by atoms with Crippen molar-refractivity contribution in [3.05, 3.63) is 16.8 Å². The van der Waals surface area contributed by atoms with Gasteiger partial charge in [-0.25, -0.2) is 0 Å². The van der Waals surface area contributed by atoms with E-state index in [4.69, 9.17) is 0 Å². The second-order valence-corrected chi connectivity index (χ2v) is 6.71. The molecule has 1 aliphatic heterocycles. The zero-order valence-corrected chi connectivity index (χ0v) is 12.5. The molecule has 4 atom stereocenters. The predicted octanol–water partition coefficient (Wildman–Crippen LogP) is 2.88. The van der Waals surface area contributed by atoms with Crippen LogP contribution in [0, 0.1) is 11.8 Å². The summed E-state index contributed by atoms with van der Waals surface area (Å²) in [4.78, 5) is 15.0. The fourth-order valence-electron chi connectivity index (χ4n) is 3.92. The van der Waals surface area contributed by atoms with Crippen LogP contribution in [-0.4, -0.2) is 25.0 Å². The van der Waals surface area contributed by atoms with Crippen molar-refractivity contribution in [2.45, 2.75) is 44.7 Å². The van der Waals surface area contributed by atoms with Gasteiger partial charge in [-0.2, -0.15) is 11.3 Å². The highest BCUT2D eigenvalue weighted by molar-refractivity contribution is 7.08. The van der Waals surface area contributed by atoms with Crippen LogP contribution in [-0.2, 0) is 4.79 Å². The molecule has 0 bridgehead atoms. The van der Waals surface area contributed by atoms with Crippen molar-refractivity contribution in [2.24, 2.45) is 11.8 Å². The lowest BCUT2D eigenvalue weighted by Gasteiger charge is -2.31. The van der Waals surface area contributed by atoms with Gasteiger partial charge >= 0.3 is 0 Å². The van der Waals surface area contributed by atoms with Gasteiger partial charge in [-0.05, 0) is 49.6 Å². The maximum absolute atomic E-state index is 12.9. The minimum Gasteiger partial charge on any atom is -0.309 e. The maximum atomic E-state index is 12.9. The lowest BCUT2D eigenvalue weighted by molar-refractivity contribution is -0.121. The summed E-state index contributed by atoms with van der Waals surface area (Å²) in [5, 5.41) is 7.41. The van der Waals surface area contributed by atoms with Crippen molar-refractivity contribution in [3.8, 4) is 0 Å². The number of carbonyl (C=O) groups is 1. The summed E-state index contributed by atoms with van der Waals surface area (Å²) in [6, 6.07) is 2.47. The van der Waals surface area contributed by atoms with Crippen LogP contribution in [0.25, 0.3) is 0 Å². The van der Waals surface area contributed by atoms with E-state index in [9.17, 15) is 4.79 Å². The number of likely N-dealkylation sites (N-methyl/N-ethyl adjacent to an activating group) is 1. The highest BCUT2D eigenvalue weighted by Gasteiger charge is 2.43. The van der Waals surface area contributed by atoms with Crippen molar-refractivity contribution in [3.63, 3.8) is 0 Å². The average molecular weight is 278 g/mol. The number of thiophene rings is 1. The number of rotatable bonds is 2. The Bertz CT molecular complexity index is 445. The molecule has 0 spiro atoms. The van der Waals surface area contributed by atoms with E-state index in [0.29, 0.717) is 17.9 Å². The Morgan fingerprint density at radius 1 is 1.42 bits per heavy atom. The molecule has 1 aromatic rings. The summed E-state index contributed by atoms with van der Waals surface area (Å²) in [5.41, 5.74) is 1.10. The van der Waals surface area contributed by atoms with Crippen LogP contribution >= 0.6 is 11.3 Å². The topological polar surface area (TPSA) is 32.3 Å². The van der Waals surface area contributed by atoms with Gasteiger partial charge in [-0.1, -0.05) is 13.3 Å². The van der Waals surface area contributed by atoms with E-state index in [-0.39, 0.29) is 11.9 Å². The van der Waals surface area contributed by atoms with E-state index in [2.05, 4.69) is 34.0 Å². The molecular formula is C15H22N2OS. The molecule has 1 aliphatic carbocycles. The zero-order valence-electron chi connectivity index (χ0n) is 11.6. The van der Waals surface area contributed by atoms with Gasteiger partial charge in [0.1, 0.15) is 0 Å². The van der Waals surface area contributed by atoms with E-state index in [1.165, 1.54) is 19.3 Å². The number of nitrogens with one attached hydrogen (secondary N) is 1. The second-order valence-electron chi connectivity index (χ2n) is 5.93. The average Bonchev–Trinajstić information content (AvgIpc) is 3.02. The molecule has 2 fully saturated rings. The van der Waals surface area contributed by atoms with E-state index in [1.807, 2.05) is 7.05 Å². The van der Waals surface area contributed by atoms with Crippen LogP contribution in [0.4, 0.5) is 5.69 Å². The van der Waals surface area contributed by atoms with Crippen LogP contribution < -0.4 is 10.2 Å². The highest BCUT2D eigenvalue weighted by Crippen LogP contribution is 2.40. The van der Waals surface area contributed by atoms with Crippen LogP contribution in [0.1, 0.15) is 32.6 Å². The Hall–Kier alpha value is -0.870. The SMILES string of the molecule is CNC1C(=O)N(c2ccsc2)C2CCCC2CC1C. The molecule has 0 radical (unpaired) electrons. The molecule has 4 unspecified atom stereocenters. The number of nitrogens with zero attached hydrogens (tertiary/aromatic N) is 1.